The number of amides is 1. The number of ketones is 1. The number of anilines is 2. The Morgan fingerprint density at radius 3 is 2.50 bits per heavy atom. The highest BCUT2D eigenvalue weighted by Gasteiger charge is 2.25. The number of pyridine rings is 1. The van der Waals surface area contributed by atoms with E-state index in [9.17, 15) is 9.59 Å². The standard InChI is InChI=1S/C27H24N4O3/c1-34-29-21-14-16-30(18-21)22-12-10-20(11-13-22)28-27(33)26(32)25-24(19-7-3-2-4-8-19)17-23-9-5-6-15-31(23)25/h2-13,15,17H,14,16,18H2,1H3,(H,28,33)/b29-21-. The fourth-order valence-electron chi connectivity index (χ4n) is 4.31. The number of nitrogens with one attached hydrogen (secondary N) is 1. The SMILES string of the molecule is CO/N=C1/CCN(c2ccc(NC(=O)C(=O)c3c(-c4ccccc4)cc4ccccn34)cc2)C1. The van der Waals surface area contributed by atoms with Crippen LogP contribution in [-0.2, 0) is 9.63 Å². The first-order valence-electron chi connectivity index (χ1n) is 11.1. The molecule has 2 aromatic heterocycles. The van der Waals surface area contributed by atoms with Crippen LogP contribution in [0, 0.1) is 0 Å². The molecule has 1 amide bonds. The molecule has 4 aromatic rings. The van der Waals surface area contributed by atoms with Gasteiger partial charge in [-0.2, -0.15) is 0 Å². The molecule has 0 aliphatic carbocycles. The molecule has 0 radical (unpaired) electrons. The number of fused-ring (bicyclic) bond motifs is 1. The Hall–Kier alpha value is -4.39. The number of carbonyl (C=O) groups excluding carboxylic acids is 2. The summed E-state index contributed by atoms with van der Waals surface area (Å²) in [7, 11) is 1.55. The first kappa shape index (κ1) is 21.5. The van der Waals surface area contributed by atoms with Crippen LogP contribution in [0.2, 0.25) is 0 Å². The normalized spacial score (nSPS) is 14.5. The highest BCUT2D eigenvalue weighted by molar-refractivity contribution is 6.47. The molecule has 0 spiro atoms. The summed E-state index contributed by atoms with van der Waals surface area (Å²) in [4.78, 5) is 33.4. The molecule has 1 N–H and O–H groups in total. The fraction of sp³-hybridized carbons (Fsp3) is 0.148. The van der Waals surface area contributed by atoms with E-state index in [0.717, 1.165) is 41.0 Å². The Morgan fingerprint density at radius 1 is 0.971 bits per heavy atom. The van der Waals surface area contributed by atoms with Crippen molar-refractivity contribution in [1.29, 1.82) is 0 Å². The van der Waals surface area contributed by atoms with Gasteiger partial charge >= 0.3 is 0 Å². The predicted octanol–water partition coefficient (Wildman–Crippen LogP) is 4.64. The van der Waals surface area contributed by atoms with Crippen molar-refractivity contribution >= 4 is 34.3 Å². The van der Waals surface area contributed by atoms with Crippen molar-refractivity contribution in [3.05, 3.63) is 90.8 Å². The van der Waals surface area contributed by atoms with E-state index in [0.29, 0.717) is 17.9 Å². The quantitative estimate of drug-likeness (QED) is 0.263. The molecule has 1 saturated heterocycles. The lowest BCUT2D eigenvalue weighted by Gasteiger charge is -2.17. The van der Waals surface area contributed by atoms with E-state index in [1.807, 2.05) is 66.7 Å². The van der Waals surface area contributed by atoms with Crippen molar-refractivity contribution < 1.29 is 14.4 Å². The molecule has 34 heavy (non-hydrogen) atoms. The Kier molecular flexibility index (Phi) is 5.82. The minimum absolute atomic E-state index is 0.345. The minimum Gasteiger partial charge on any atom is -0.399 e. The van der Waals surface area contributed by atoms with Crippen molar-refractivity contribution in [3.8, 4) is 11.1 Å². The average molecular weight is 453 g/mol. The van der Waals surface area contributed by atoms with E-state index in [2.05, 4.69) is 15.4 Å². The van der Waals surface area contributed by atoms with Gasteiger partial charge in [0.15, 0.2) is 0 Å². The van der Waals surface area contributed by atoms with Gasteiger partial charge in [-0.25, -0.2) is 0 Å². The number of nitrogens with zero attached hydrogens (tertiary/aromatic N) is 3. The maximum atomic E-state index is 13.3. The number of aromatic nitrogens is 1. The van der Waals surface area contributed by atoms with Crippen molar-refractivity contribution in [2.75, 3.05) is 30.4 Å². The summed E-state index contributed by atoms with van der Waals surface area (Å²) < 4.78 is 1.76. The Morgan fingerprint density at radius 2 is 1.74 bits per heavy atom. The van der Waals surface area contributed by atoms with Crippen LogP contribution in [0.3, 0.4) is 0 Å². The van der Waals surface area contributed by atoms with E-state index in [1.165, 1.54) is 0 Å². The number of oxime groups is 1. The molecule has 0 unspecified atom stereocenters. The minimum atomic E-state index is -0.676. The van der Waals surface area contributed by atoms with Crippen LogP contribution in [0.15, 0.2) is 90.2 Å². The highest BCUT2D eigenvalue weighted by Crippen LogP contribution is 2.29. The maximum absolute atomic E-state index is 13.3. The first-order chi connectivity index (χ1) is 16.6. The number of Topliss-reactive ketones (excluding diaryl/α,β-unsaturated/α-hetero) is 1. The smallest absolute Gasteiger partial charge is 0.298 e. The summed E-state index contributed by atoms with van der Waals surface area (Å²) in [5.41, 5.74) is 5.39. The highest BCUT2D eigenvalue weighted by atomic mass is 16.6. The summed E-state index contributed by atoms with van der Waals surface area (Å²) in [6, 6.07) is 24.7. The molecule has 1 aliphatic rings. The summed E-state index contributed by atoms with van der Waals surface area (Å²) in [6.07, 6.45) is 2.66. The predicted molar refractivity (Wildman–Crippen MR) is 134 cm³/mol. The molecule has 0 bridgehead atoms. The van der Waals surface area contributed by atoms with E-state index in [1.54, 1.807) is 29.8 Å². The zero-order valence-corrected chi connectivity index (χ0v) is 18.8. The maximum Gasteiger partial charge on any atom is 0.298 e. The van der Waals surface area contributed by atoms with Crippen molar-refractivity contribution in [2.45, 2.75) is 6.42 Å². The van der Waals surface area contributed by atoms with Crippen LogP contribution in [0.5, 0.6) is 0 Å². The Balaban J connectivity index is 1.37. The molecule has 170 valence electrons. The van der Waals surface area contributed by atoms with Gasteiger partial charge in [-0.1, -0.05) is 41.6 Å². The van der Waals surface area contributed by atoms with Crippen LogP contribution < -0.4 is 10.2 Å². The van der Waals surface area contributed by atoms with Gasteiger partial charge in [0, 0.05) is 41.6 Å². The van der Waals surface area contributed by atoms with Crippen molar-refractivity contribution in [2.24, 2.45) is 5.16 Å². The lowest BCUT2D eigenvalue weighted by molar-refractivity contribution is -0.112. The third-order valence-corrected chi connectivity index (χ3v) is 5.94. The summed E-state index contributed by atoms with van der Waals surface area (Å²) in [5.74, 6) is -1.27. The molecular weight excluding hydrogens is 428 g/mol. The molecular formula is C27H24N4O3. The van der Waals surface area contributed by atoms with Gasteiger partial charge in [0.2, 0.25) is 0 Å². The topological polar surface area (TPSA) is 75.4 Å². The van der Waals surface area contributed by atoms with Gasteiger partial charge in [0.1, 0.15) is 12.8 Å². The zero-order valence-electron chi connectivity index (χ0n) is 18.8. The largest absolute Gasteiger partial charge is 0.399 e. The molecule has 7 heteroatoms. The third-order valence-electron chi connectivity index (χ3n) is 5.94. The summed E-state index contributed by atoms with van der Waals surface area (Å²) in [5, 5.41) is 6.79. The second-order valence-electron chi connectivity index (χ2n) is 8.11. The summed E-state index contributed by atoms with van der Waals surface area (Å²) >= 11 is 0. The van der Waals surface area contributed by atoms with Crippen LogP contribution in [-0.4, -0.2) is 42.0 Å². The molecule has 0 atom stereocenters. The number of hydrogen-bond acceptors (Lipinski definition) is 5. The lowest BCUT2D eigenvalue weighted by atomic mass is 10.0. The van der Waals surface area contributed by atoms with E-state index in [4.69, 9.17) is 4.84 Å². The molecule has 5 rings (SSSR count). The molecule has 7 nitrogen and oxygen atoms in total. The van der Waals surface area contributed by atoms with Crippen molar-refractivity contribution in [3.63, 3.8) is 0 Å². The number of rotatable bonds is 6. The Bertz CT molecular complexity index is 1370. The molecule has 1 aliphatic heterocycles. The molecule has 2 aromatic carbocycles. The van der Waals surface area contributed by atoms with E-state index < -0.39 is 11.7 Å². The second kappa shape index (κ2) is 9.23. The van der Waals surface area contributed by atoms with E-state index >= 15 is 0 Å². The Labute approximate surface area is 197 Å². The van der Waals surface area contributed by atoms with Crippen molar-refractivity contribution in [1.82, 2.24) is 4.40 Å². The average Bonchev–Trinajstić information content (AvgIpc) is 3.50. The lowest BCUT2D eigenvalue weighted by Crippen LogP contribution is -2.25. The fourth-order valence-corrected chi connectivity index (χ4v) is 4.31. The van der Waals surface area contributed by atoms with Gasteiger partial charge in [-0.3, -0.25) is 9.59 Å². The summed E-state index contributed by atoms with van der Waals surface area (Å²) in [6.45, 7) is 1.57. The third kappa shape index (κ3) is 4.15. The first-order valence-corrected chi connectivity index (χ1v) is 11.1. The number of benzene rings is 2. The number of hydrogen-bond donors (Lipinski definition) is 1. The van der Waals surface area contributed by atoms with E-state index in [-0.39, 0.29) is 0 Å². The monoisotopic (exact) mass is 452 g/mol. The van der Waals surface area contributed by atoms with Crippen LogP contribution in [0.1, 0.15) is 16.9 Å². The zero-order chi connectivity index (χ0) is 23.5. The van der Waals surface area contributed by atoms with Crippen LogP contribution in [0.4, 0.5) is 11.4 Å². The number of carbonyl (C=O) groups is 2. The van der Waals surface area contributed by atoms with Gasteiger partial charge in [-0.15, -0.1) is 0 Å². The van der Waals surface area contributed by atoms with Crippen LogP contribution >= 0.6 is 0 Å². The molecule has 3 heterocycles. The van der Waals surface area contributed by atoms with Gasteiger partial charge < -0.3 is 19.5 Å². The van der Waals surface area contributed by atoms with Gasteiger partial charge in [-0.05, 0) is 48.0 Å². The van der Waals surface area contributed by atoms with Gasteiger partial charge in [0.05, 0.1) is 12.3 Å². The second-order valence-corrected chi connectivity index (χ2v) is 8.11. The van der Waals surface area contributed by atoms with Gasteiger partial charge in [0.25, 0.3) is 11.7 Å². The molecule has 0 saturated carbocycles. The van der Waals surface area contributed by atoms with Crippen LogP contribution in [0.25, 0.3) is 16.6 Å². The molecule has 1 fully saturated rings.